The number of piperidine rings is 6. The SMILES string of the molecule is CC#N.CCC1CCN(c2ccc3c(c2)C(=O)N(C2CCC(=O)NC2=O)C3=O)CC1.C[C@H]1CN(c2cc(C3=NCc4ccc(OC5(C)CC5)cc43)ncn2)CCN1CC1CCN(CC2CCN(c3ccc4c(c3)C(=O)N(C3CCC(=O)NC3=O)C4=O)CC2)CC1.C[C@H]1CN(c2cc(C3=NCc4ccc(OC5(C)CC5)cc43)ncn2)CCN1CC1CCNCC1. The van der Waals surface area contributed by atoms with E-state index < -0.39 is 47.5 Å². The molecule has 4 atom stereocenters. The minimum Gasteiger partial charge on any atom is -0.488 e. The van der Waals surface area contributed by atoms with Gasteiger partial charge in [-0.1, -0.05) is 25.5 Å². The molecule has 124 heavy (non-hydrogen) atoms. The minimum atomic E-state index is -0.951. The van der Waals surface area contributed by atoms with Gasteiger partial charge in [0.15, 0.2) is 0 Å². The molecule has 2 aliphatic carbocycles. The fourth-order valence-electron chi connectivity index (χ4n) is 20.0. The molecule has 8 saturated heterocycles. The molecule has 8 amide bonds. The van der Waals surface area contributed by atoms with Gasteiger partial charge in [-0.05, 0) is 239 Å². The van der Waals surface area contributed by atoms with Crippen LogP contribution in [0.2, 0.25) is 0 Å². The highest BCUT2D eigenvalue weighted by Gasteiger charge is 2.48. The molecule has 6 aromatic rings. The predicted molar refractivity (Wildman–Crippen MR) is 471 cm³/mol. The average Bonchev–Trinajstić information content (AvgIpc) is 1.61. The Bertz CT molecular complexity index is 5180. The van der Waals surface area contributed by atoms with E-state index in [2.05, 4.69) is 148 Å². The molecule has 14 aliphatic rings. The van der Waals surface area contributed by atoms with Gasteiger partial charge in [-0.3, -0.25) is 78.6 Å². The van der Waals surface area contributed by atoms with Crippen molar-refractivity contribution in [1.29, 1.82) is 5.26 Å². The maximum absolute atomic E-state index is 13.4. The summed E-state index contributed by atoms with van der Waals surface area (Å²) < 4.78 is 12.5. The van der Waals surface area contributed by atoms with Crippen LogP contribution in [0.1, 0.15) is 226 Å². The second-order valence-electron chi connectivity index (χ2n) is 37.0. The summed E-state index contributed by atoms with van der Waals surface area (Å²) in [5.74, 6) is 3.00. The van der Waals surface area contributed by atoms with Gasteiger partial charge >= 0.3 is 0 Å². The van der Waals surface area contributed by atoms with E-state index in [0.29, 0.717) is 59.3 Å². The van der Waals surface area contributed by atoms with E-state index in [1.165, 1.54) is 69.8 Å². The molecule has 29 heteroatoms. The van der Waals surface area contributed by atoms with Gasteiger partial charge in [0, 0.05) is 152 Å². The maximum Gasteiger partial charge on any atom is 0.262 e. The van der Waals surface area contributed by atoms with Crippen LogP contribution in [-0.2, 0) is 32.3 Å². The summed E-state index contributed by atoms with van der Waals surface area (Å²) in [5.41, 5.74) is 11.6. The van der Waals surface area contributed by atoms with Crippen molar-refractivity contribution < 1.29 is 47.8 Å². The number of nitrogens with one attached hydrogen (secondary N) is 3. The lowest BCUT2D eigenvalue weighted by Gasteiger charge is -2.43. The average molecular weight is 1690 g/mol. The molecule has 3 N–H and O–H groups in total. The van der Waals surface area contributed by atoms with Crippen molar-refractivity contribution in [2.75, 3.05) is 131 Å². The Morgan fingerprint density at radius 1 is 0.452 bits per heavy atom. The van der Waals surface area contributed by atoms with Gasteiger partial charge < -0.3 is 39.3 Å². The number of aliphatic imine (C=N–C) groups is 2. The van der Waals surface area contributed by atoms with E-state index in [1.807, 2.05) is 18.2 Å². The van der Waals surface area contributed by atoms with Crippen molar-refractivity contribution in [1.82, 2.24) is 60.4 Å². The van der Waals surface area contributed by atoms with Crippen molar-refractivity contribution in [2.45, 2.75) is 199 Å². The Morgan fingerprint density at radius 3 is 1.28 bits per heavy atom. The summed E-state index contributed by atoms with van der Waals surface area (Å²) in [7, 11) is 0. The number of aromatic nitrogens is 4. The van der Waals surface area contributed by atoms with Crippen molar-refractivity contribution >= 4 is 81.7 Å². The second-order valence-corrected chi connectivity index (χ2v) is 37.0. The van der Waals surface area contributed by atoms with Crippen LogP contribution in [0.15, 0.2) is 108 Å². The fourth-order valence-corrected chi connectivity index (χ4v) is 20.0. The van der Waals surface area contributed by atoms with Gasteiger partial charge in [0.05, 0.1) is 64.2 Å². The monoisotopic (exact) mass is 1680 g/mol. The lowest BCUT2D eigenvalue weighted by atomic mass is 9.92. The van der Waals surface area contributed by atoms with E-state index in [0.717, 1.165) is 233 Å². The summed E-state index contributed by atoms with van der Waals surface area (Å²) in [6.07, 6.45) is 19.1. The number of fused-ring (bicyclic) bond motifs is 4. The zero-order chi connectivity index (χ0) is 86.1. The molecule has 29 nitrogen and oxygen atoms in total. The summed E-state index contributed by atoms with van der Waals surface area (Å²) in [6.45, 7) is 31.9. The number of nitriles is 1. The van der Waals surface area contributed by atoms with Gasteiger partial charge in [0.25, 0.3) is 23.6 Å². The number of likely N-dealkylation sites (tertiary alicyclic amines) is 1. The number of imide groups is 4. The highest BCUT2D eigenvalue weighted by atomic mass is 16.5. The zero-order valence-corrected chi connectivity index (χ0v) is 72.6. The molecule has 4 aromatic carbocycles. The molecule has 652 valence electrons. The standard InChI is InChI=1S/C46H55N9O5.C27H36N6O.C20H23N3O4.C2H3N/c1-29-25-54(40-23-38(48-28-49-40)42-36-22-34(60-46(2)13-14-46)5-3-32(36)24-47-42)20-19-53(29)27-31-9-15-51(16-10-31)26-30-11-17-52(18-12-30)33-4-6-35-37(21-33)45(59)55(44(35)58)39-7-8-41(56)50-43(39)57;1-19-16-33(12-11-32(19)17-20-5-9-28-10-6-20)25-14-24(30-18-31-25)26-23-13-22(34-27(2)7-8-27)4-3-21(23)15-29-26;1-2-12-7-9-22(10-8-12)13-3-4-14-15(11-13)20(27)23(19(14)26)16-5-6-17(24)21-18(16)25;1-2-3/h3-6,21-23,28-31,39H,7-20,24-27H2,1-2H3,(H,50,56,57);3-4,13-14,18-20,28H,5-12,15-17H2,1-2H3;3-4,11-12,16H,2,5-10H2,1H3,(H,21,24,25);1H3/t29-,39?;19-;;/m00../s1. The Kier molecular flexibility index (Phi) is 25.2. The van der Waals surface area contributed by atoms with Crippen molar-refractivity contribution in [3.8, 4) is 17.6 Å². The topological polar surface area (TPSA) is 320 Å². The number of hydrogen-bond donors (Lipinski definition) is 3. The van der Waals surface area contributed by atoms with Crippen LogP contribution in [0.25, 0.3) is 0 Å². The number of carbonyl (C=O) groups excluding carboxylic acids is 8. The van der Waals surface area contributed by atoms with Gasteiger partial charge in [0.1, 0.15) is 59.1 Å². The lowest BCUT2D eigenvalue weighted by molar-refractivity contribution is -0.137. The number of hydrogen-bond acceptors (Lipinski definition) is 25. The number of amides is 8. The highest BCUT2D eigenvalue weighted by Crippen LogP contribution is 2.43. The van der Waals surface area contributed by atoms with Gasteiger partial charge in [0.2, 0.25) is 23.6 Å². The molecule has 0 spiro atoms. The second kappa shape index (κ2) is 36.7. The van der Waals surface area contributed by atoms with Crippen molar-refractivity contribution in [3.63, 3.8) is 0 Å². The van der Waals surface area contributed by atoms with Crippen LogP contribution >= 0.6 is 0 Å². The van der Waals surface area contributed by atoms with Crippen molar-refractivity contribution in [3.05, 3.63) is 153 Å². The van der Waals surface area contributed by atoms with Gasteiger partial charge in [-0.15, -0.1) is 0 Å². The Hall–Kier alpha value is -10.9. The first kappa shape index (κ1) is 85.2. The maximum atomic E-state index is 13.4. The first-order valence-electron chi connectivity index (χ1n) is 45.4. The van der Waals surface area contributed by atoms with E-state index >= 15 is 0 Å². The number of carbonyl (C=O) groups is 8. The van der Waals surface area contributed by atoms with Crippen molar-refractivity contribution in [2.24, 2.45) is 33.7 Å². The number of ether oxygens (including phenoxy) is 2. The smallest absolute Gasteiger partial charge is 0.262 e. The van der Waals surface area contributed by atoms with E-state index in [9.17, 15) is 38.4 Å². The predicted octanol–water partition coefficient (Wildman–Crippen LogP) is 9.81. The highest BCUT2D eigenvalue weighted by molar-refractivity contribution is 6.25. The summed E-state index contributed by atoms with van der Waals surface area (Å²) in [5, 5.41) is 15.3. The first-order valence-corrected chi connectivity index (χ1v) is 45.4. The molecule has 2 unspecified atom stereocenters. The van der Waals surface area contributed by atoms with E-state index in [4.69, 9.17) is 29.7 Å². The zero-order valence-electron chi connectivity index (χ0n) is 72.6. The molecule has 2 aromatic heterocycles. The third kappa shape index (κ3) is 18.9. The quantitative estimate of drug-likeness (QED) is 0.0635. The van der Waals surface area contributed by atoms with Crippen LogP contribution < -0.4 is 45.0 Å². The Labute approximate surface area is 726 Å². The Morgan fingerprint density at radius 2 is 0.863 bits per heavy atom. The lowest BCUT2D eigenvalue weighted by Crippen LogP contribution is -2.54. The third-order valence-corrected chi connectivity index (χ3v) is 28.1. The molecule has 0 radical (unpaired) electrons. The molecule has 14 heterocycles. The summed E-state index contributed by atoms with van der Waals surface area (Å²) >= 11 is 0. The molecule has 2 saturated carbocycles. The van der Waals surface area contributed by atoms with E-state index in [1.54, 1.807) is 36.9 Å². The number of piperazine rings is 2. The third-order valence-electron chi connectivity index (χ3n) is 28.1. The Balaban J connectivity index is 0.000000143. The molecular weight excluding hydrogens is 1570 g/mol. The first-order chi connectivity index (χ1) is 60.0. The summed E-state index contributed by atoms with van der Waals surface area (Å²) in [6, 6.07) is 28.6. The van der Waals surface area contributed by atoms with Gasteiger partial charge in [-0.25, -0.2) is 19.9 Å². The number of benzene rings is 4. The number of rotatable bonds is 19. The summed E-state index contributed by atoms with van der Waals surface area (Å²) in [4.78, 5) is 148. The molecule has 12 aliphatic heterocycles. The number of anilines is 4. The van der Waals surface area contributed by atoms with Crippen LogP contribution in [0.3, 0.4) is 0 Å². The molecule has 20 rings (SSSR count). The molecule has 0 bridgehead atoms. The number of nitrogens with zero attached hydrogens (tertiary/aromatic N) is 16. The fraction of sp³-hybridized carbons (Fsp3) is 0.547. The van der Waals surface area contributed by atoms with Crippen LogP contribution in [-0.4, -0.2) is 250 Å². The molecule has 10 fully saturated rings. The minimum absolute atomic E-state index is 0.0128. The normalized spacial score (nSPS) is 24.1. The molecular formula is C95H117N19O10. The van der Waals surface area contributed by atoms with Crippen LogP contribution in [0, 0.1) is 35.0 Å². The van der Waals surface area contributed by atoms with Gasteiger partial charge in [-0.2, -0.15) is 5.26 Å². The van der Waals surface area contributed by atoms with Crippen LogP contribution in [0.5, 0.6) is 11.5 Å². The van der Waals surface area contributed by atoms with E-state index in [-0.39, 0.29) is 48.7 Å². The largest absolute Gasteiger partial charge is 0.488 e. The van der Waals surface area contributed by atoms with Crippen LogP contribution in [0.4, 0.5) is 23.0 Å².